The van der Waals surface area contributed by atoms with Crippen molar-refractivity contribution < 1.29 is 4.79 Å². The standard InChI is InChI=1S/C18H17Cl2N3O/c1-12(18(24)22-16-5-3-4-13(8-16)10-21)23(2)11-14-6-7-15(19)9-17(14)20/h3-9,12H,11H2,1-2H3,(H,22,24). The normalized spacial score (nSPS) is 11.8. The van der Waals surface area contributed by atoms with Crippen LogP contribution in [0.4, 0.5) is 5.69 Å². The van der Waals surface area contributed by atoms with E-state index in [0.717, 1.165) is 5.56 Å². The third-order valence-electron chi connectivity index (χ3n) is 3.73. The third kappa shape index (κ3) is 4.72. The molecule has 0 aromatic heterocycles. The highest BCUT2D eigenvalue weighted by atomic mass is 35.5. The first-order valence-electron chi connectivity index (χ1n) is 7.36. The predicted octanol–water partition coefficient (Wildman–Crippen LogP) is 4.32. The van der Waals surface area contributed by atoms with Crippen molar-refractivity contribution in [3.05, 3.63) is 63.6 Å². The van der Waals surface area contributed by atoms with Crippen LogP contribution in [-0.4, -0.2) is 23.9 Å². The molecule has 0 radical (unpaired) electrons. The molecule has 0 saturated heterocycles. The second kappa shape index (κ2) is 8.16. The molecule has 1 N–H and O–H groups in total. The van der Waals surface area contributed by atoms with Crippen molar-refractivity contribution in [2.45, 2.75) is 19.5 Å². The summed E-state index contributed by atoms with van der Waals surface area (Å²) in [6.45, 7) is 2.33. The number of nitrogens with one attached hydrogen (secondary N) is 1. The summed E-state index contributed by atoms with van der Waals surface area (Å²) in [5, 5.41) is 12.9. The van der Waals surface area contributed by atoms with Gasteiger partial charge in [-0.25, -0.2) is 0 Å². The Morgan fingerprint density at radius 3 is 2.71 bits per heavy atom. The van der Waals surface area contributed by atoms with Crippen LogP contribution < -0.4 is 5.32 Å². The first-order chi connectivity index (χ1) is 11.4. The van der Waals surface area contributed by atoms with Crippen LogP contribution in [0.2, 0.25) is 10.0 Å². The number of hydrogen-bond acceptors (Lipinski definition) is 3. The van der Waals surface area contributed by atoms with Gasteiger partial charge in [-0.15, -0.1) is 0 Å². The molecule has 1 atom stereocenters. The summed E-state index contributed by atoms with van der Waals surface area (Å²) in [5.74, 6) is -0.155. The number of rotatable bonds is 5. The maximum atomic E-state index is 12.4. The van der Waals surface area contributed by atoms with Gasteiger partial charge in [0, 0.05) is 22.3 Å². The van der Waals surface area contributed by atoms with E-state index in [-0.39, 0.29) is 11.9 Å². The van der Waals surface area contributed by atoms with Crippen molar-refractivity contribution >= 4 is 34.8 Å². The molecule has 124 valence electrons. The average molecular weight is 362 g/mol. The zero-order chi connectivity index (χ0) is 17.7. The molecule has 2 rings (SSSR count). The summed E-state index contributed by atoms with van der Waals surface area (Å²) >= 11 is 12.1. The zero-order valence-electron chi connectivity index (χ0n) is 13.4. The average Bonchev–Trinajstić information content (AvgIpc) is 2.56. The molecule has 0 aliphatic carbocycles. The van der Waals surface area contributed by atoms with Gasteiger partial charge >= 0.3 is 0 Å². The summed E-state index contributed by atoms with van der Waals surface area (Å²) < 4.78 is 0. The molecule has 0 aliphatic rings. The monoisotopic (exact) mass is 361 g/mol. The van der Waals surface area contributed by atoms with Crippen molar-refractivity contribution in [3.63, 3.8) is 0 Å². The maximum absolute atomic E-state index is 12.4. The fourth-order valence-electron chi connectivity index (χ4n) is 2.17. The lowest BCUT2D eigenvalue weighted by Gasteiger charge is -2.24. The highest BCUT2D eigenvalue weighted by molar-refractivity contribution is 6.35. The predicted molar refractivity (Wildman–Crippen MR) is 97.2 cm³/mol. The molecule has 0 fully saturated rings. The Balaban J connectivity index is 2.02. The minimum absolute atomic E-state index is 0.155. The van der Waals surface area contributed by atoms with Gasteiger partial charge in [-0.2, -0.15) is 5.26 Å². The van der Waals surface area contributed by atoms with E-state index in [1.807, 2.05) is 31.0 Å². The van der Waals surface area contributed by atoms with E-state index in [1.54, 1.807) is 36.4 Å². The van der Waals surface area contributed by atoms with Crippen molar-refractivity contribution in [2.24, 2.45) is 0 Å². The molecular formula is C18H17Cl2N3O. The Morgan fingerprint density at radius 2 is 2.04 bits per heavy atom. The van der Waals surface area contributed by atoms with Crippen molar-refractivity contribution in [1.29, 1.82) is 5.26 Å². The number of anilines is 1. The Labute approximate surface area is 151 Å². The molecule has 0 saturated carbocycles. The molecule has 4 nitrogen and oxygen atoms in total. The minimum atomic E-state index is -0.373. The first-order valence-corrected chi connectivity index (χ1v) is 8.11. The number of amides is 1. The second-order valence-corrected chi connectivity index (χ2v) is 6.35. The highest BCUT2D eigenvalue weighted by Gasteiger charge is 2.19. The quantitative estimate of drug-likeness (QED) is 0.862. The lowest BCUT2D eigenvalue weighted by atomic mass is 10.1. The number of likely N-dealkylation sites (N-methyl/N-ethyl adjacent to an activating group) is 1. The van der Waals surface area contributed by atoms with E-state index in [0.29, 0.717) is 27.8 Å². The molecule has 1 amide bonds. The largest absolute Gasteiger partial charge is 0.325 e. The number of halogens is 2. The molecule has 6 heteroatoms. The molecule has 0 bridgehead atoms. The summed E-state index contributed by atoms with van der Waals surface area (Å²) in [6.07, 6.45) is 0. The van der Waals surface area contributed by atoms with E-state index in [1.165, 1.54) is 0 Å². The molecule has 24 heavy (non-hydrogen) atoms. The summed E-state index contributed by atoms with van der Waals surface area (Å²) in [7, 11) is 1.85. The molecule has 0 heterocycles. The maximum Gasteiger partial charge on any atom is 0.241 e. The molecule has 1 unspecified atom stereocenters. The summed E-state index contributed by atoms with van der Waals surface area (Å²) in [4.78, 5) is 14.3. The Kier molecular flexibility index (Phi) is 6.22. The van der Waals surface area contributed by atoms with Crippen LogP contribution in [0, 0.1) is 11.3 Å². The SMILES string of the molecule is CC(C(=O)Nc1cccc(C#N)c1)N(C)Cc1ccc(Cl)cc1Cl. The van der Waals surface area contributed by atoms with Gasteiger partial charge in [0.2, 0.25) is 5.91 Å². The fraction of sp³-hybridized carbons (Fsp3) is 0.222. The van der Waals surface area contributed by atoms with Gasteiger partial charge in [-0.3, -0.25) is 9.69 Å². The Hall–Kier alpha value is -2.06. The molecule has 0 spiro atoms. The van der Waals surface area contributed by atoms with Gasteiger partial charge < -0.3 is 5.32 Å². The van der Waals surface area contributed by atoms with Crippen molar-refractivity contribution in [2.75, 3.05) is 12.4 Å². The number of carbonyl (C=O) groups excluding carboxylic acids is 1. The van der Waals surface area contributed by atoms with Crippen LogP contribution in [-0.2, 0) is 11.3 Å². The highest BCUT2D eigenvalue weighted by Crippen LogP contribution is 2.22. The minimum Gasteiger partial charge on any atom is -0.325 e. The van der Waals surface area contributed by atoms with E-state index >= 15 is 0 Å². The van der Waals surface area contributed by atoms with E-state index < -0.39 is 0 Å². The molecule has 2 aromatic carbocycles. The topological polar surface area (TPSA) is 56.1 Å². The number of benzene rings is 2. The van der Waals surface area contributed by atoms with Gasteiger partial charge in [-0.05, 0) is 49.9 Å². The van der Waals surface area contributed by atoms with E-state index in [2.05, 4.69) is 5.32 Å². The number of nitrogens with zero attached hydrogens (tertiary/aromatic N) is 2. The van der Waals surface area contributed by atoms with Gasteiger partial charge in [0.1, 0.15) is 0 Å². The van der Waals surface area contributed by atoms with Crippen LogP contribution in [0.25, 0.3) is 0 Å². The fourth-order valence-corrected chi connectivity index (χ4v) is 2.64. The lowest BCUT2D eigenvalue weighted by molar-refractivity contribution is -0.120. The molecular weight excluding hydrogens is 345 g/mol. The van der Waals surface area contributed by atoms with Crippen molar-refractivity contribution in [1.82, 2.24) is 4.90 Å². The smallest absolute Gasteiger partial charge is 0.241 e. The zero-order valence-corrected chi connectivity index (χ0v) is 14.9. The number of nitriles is 1. The van der Waals surface area contributed by atoms with Crippen LogP contribution in [0.5, 0.6) is 0 Å². The Bertz CT molecular complexity index is 786. The van der Waals surface area contributed by atoms with Gasteiger partial charge in [0.25, 0.3) is 0 Å². The number of hydrogen-bond donors (Lipinski definition) is 1. The van der Waals surface area contributed by atoms with Gasteiger partial charge in [0.15, 0.2) is 0 Å². The van der Waals surface area contributed by atoms with E-state index in [9.17, 15) is 4.79 Å². The van der Waals surface area contributed by atoms with Gasteiger partial charge in [-0.1, -0.05) is 35.3 Å². The third-order valence-corrected chi connectivity index (χ3v) is 4.32. The first kappa shape index (κ1) is 18.3. The number of carbonyl (C=O) groups is 1. The lowest BCUT2D eigenvalue weighted by Crippen LogP contribution is -2.39. The van der Waals surface area contributed by atoms with Crippen molar-refractivity contribution in [3.8, 4) is 6.07 Å². The van der Waals surface area contributed by atoms with Crippen LogP contribution in [0.3, 0.4) is 0 Å². The van der Waals surface area contributed by atoms with Crippen LogP contribution in [0.1, 0.15) is 18.1 Å². The molecule has 2 aromatic rings. The summed E-state index contributed by atoms with van der Waals surface area (Å²) in [6, 6.07) is 13.8. The summed E-state index contributed by atoms with van der Waals surface area (Å²) in [5.41, 5.74) is 2.00. The van der Waals surface area contributed by atoms with Crippen LogP contribution in [0.15, 0.2) is 42.5 Å². The Morgan fingerprint density at radius 1 is 1.29 bits per heavy atom. The molecule has 0 aliphatic heterocycles. The van der Waals surface area contributed by atoms with Gasteiger partial charge in [0.05, 0.1) is 17.7 Å². The van der Waals surface area contributed by atoms with E-state index in [4.69, 9.17) is 28.5 Å². The van der Waals surface area contributed by atoms with Crippen LogP contribution >= 0.6 is 23.2 Å². The second-order valence-electron chi connectivity index (χ2n) is 5.51.